The summed E-state index contributed by atoms with van der Waals surface area (Å²) in [7, 11) is 0. The maximum absolute atomic E-state index is 11.2. The number of carbonyl (C=O) groups excluding carboxylic acids is 3. The van der Waals surface area contributed by atoms with Crippen LogP contribution in [0.5, 0.6) is 0 Å². The van der Waals surface area contributed by atoms with Gasteiger partial charge in [0.05, 0.1) is 16.8 Å². The summed E-state index contributed by atoms with van der Waals surface area (Å²) in [5.41, 5.74) is 15.1. The molecule has 0 unspecified atom stereocenters. The van der Waals surface area contributed by atoms with Gasteiger partial charge in [-0.1, -0.05) is 6.07 Å². The molecule has 6 heteroatoms. The van der Waals surface area contributed by atoms with E-state index in [0.717, 1.165) is 0 Å². The molecule has 0 saturated carbocycles. The number of Topliss-reactive ketones (excluding diaryl/α,β-unsaturated/α-hetero) is 1. The van der Waals surface area contributed by atoms with E-state index in [1.54, 1.807) is 0 Å². The molecule has 0 aliphatic heterocycles. The fourth-order valence-electron chi connectivity index (χ4n) is 1.11. The van der Waals surface area contributed by atoms with Crippen LogP contribution in [0.1, 0.15) is 20.7 Å². The predicted octanol–water partition coefficient (Wildman–Crippen LogP) is -0.964. The number of nitrogens with two attached hydrogens (primary N) is 3. The normalized spacial score (nSPS) is 9.60. The highest BCUT2D eigenvalue weighted by molar-refractivity contribution is 6.43. The van der Waals surface area contributed by atoms with Crippen LogP contribution in [-0.2, 0) is 4.79 Å². The minimum absolute atomic E-state index is 0.0119. The first-order valence-corrected chi connectivity index (χ1v) is 3.97. The molecule has 0 aliphatic carbocycles. The summed E-state index contributed by atoms with van der Waals surface area (Å²) in [6, 6.07) is 4.05. The Morgan fingerprint density at radius 3 is 2.00 bits per heavy atom. The quantitative estimate of drug-likeness (QED) is 0.334. The van der Waals surface area contributed by atoms with Crippen molar-refractivity contribution in [2.45, 2.75) is 0 Å². The Bertz CT molecular complexity index is 454. The zero-order chi connectivity index (χ0) is 11.6. The van der Waals surface area contributed by atoms with Gasteiger partial charge in [0, 0.05) is 0 Å². The molecule has 15 heavy (non-hydrogen) atoms. The summed E-state index contributed by atoms with van der Waals surface area (Å²) in [4.78, 5) is 32.7. The second kappa shape index (κ2) is 3.79. The third kappa shape index (κ3) is 1.93. The van der Waals surface area contributed by atoms with Crippen LogP contribution in [0.25, 0.3) is 0 Å². The molecule has 0 saturated heterocycles. The molecule has 0 fully saturated rings. The van der Waals surface area contributed by atoms with Crippen LogP contribution in [0.2, 0.25) is 0 Å². The Morgan fingerprint density at radius 2 is 1.53 bits per heavy atom. The first kappa shape index (κ1) is 10.7. The second-order valence-electron chi connectivity index (χ2n) is 2.82. The zero-order valence-corrected chi connectivity index (χ0v) is 7.69. The lowest BCUT2D eigenvalue weighted by Gasteiger charge is -2.05. The predicted molar refractivity (Wildman–Crippen MR) is 52.9 cm³/mol. The van der Waals surface area contributed by atoms with Crippen molar-refractivity contribution in [1.82, 2.24) is 0 Å². The molecule has 0 heterocycles. The Labute approximate surface area is 85.0 Å². The molecule has 0 radical (unpaired) electrons. The summed E-state index contributed by atoms with van der Waals surface area (Å²) in [5.74, 6) is -2.86. The summed E-state index contributed by atoms with van der Waals surface area (Å²) in [6.07, 6.45) is 0. The highest BCUT2D eigenvalue weighted by atomic mass is 16.2. The molecular formula is C9H9N3O3. The summed E-state index contributed by atoms with van der Waals surface area (Å²) in [5, 5.41) is 0. The summed E-state index contributed by atoms with van der Waals surface area (Å²) < 4.78 is 0. The number of para-hydroxylation sites is 1. The standard InChI is InChI=1S/C9H9N3O3/c10-6-4(7(13)9(12)15)2-1-3-5(6)8(11)14/h1-3H,10H2,(H2,11,14)(H2,12,15). The SMILES string of the molecule is NC(=O)C(=O)c1cccc(C(N)=O)c1N. The van der Waals surface area contributed by atoms with Crippen LogP contribution in [-0.4, -0.2) is 17.6 Å². The van der Waals surface area contributed by atoms with E-state index in [0.29, 0.717) is 0 Å². The maximum atomic E-state index is 11.2. The first-order valence-electron chi connectivity index (χ1n) is 3.97. The van der Waals surface area contributed by atoms with E-state index in [1.807, 2.05) is 0 Å². The molecule has 2 amide bonds. The van der Waals surface area contributed by atoms with Gasteiger partial charge in [-0.3, -0.25) is 14.4 Å². The molecule has 1 aromatic rings. The van der Waals surface area contributed by atoms with E-state index in [9.17, 15) is 14.4 Å². The van der Waals surface area contributed by atoms with Crippen LogP contribution in [0.3, 0.4) is 0 Å². The van der Waals surface area contributed by atoms with Crippen LogP contribution in [0.4, 0.5) is 5.69 Å². The Kier molecular flexibility index (Phi) is 2.70. The first-order chi connectivity index (χ1) is 6.95. The largest absolute Gasteiger partial charge is 0.397 e. The van der Waals surface area contributed by atoms with Gasteiger partial charge in [0.25, 0.3) is 17.6 Å². The number of rotatable bonds is 3. The smallest absolute Gasteiger partial charge is 0.289 e. The van der Waals surface area contributed by atoms with Crippen molar-refractivity contribution in [1.29, 1.82) is 0 Å². The van der Waals surface area contributed by atoms with Crippen molar-refractivity contribution >= 4 is 23.3 Å². The molecule has 0 atom stereocenters. The van der Waals surface area contributed by atoms with Crippen molar-refractivity contribution in [3.63, 3.8) is 0 Å². The summed E-state index contributed by atoms with van der Waals surface area (Å²) >= 11 is 0. The lowest BCUT2D eigenvalue weighted by molar-refractivity contribution is -0.114. The Balaban J connectivity index is 3.33. The number of hydrogen-bond acceptors (Lipinski definition) is 4. The van der Waals surface area contributed by atoms with Crippen LogP contribution < -0.4 is 17.2 Å². The third-order valence-electron chi connectivity index (χ3n) is 1.84. The highest BCUT2D eigenvalue weighted by Crippen LogP contribution is 2.17. The maximum Gasteiger partial charge on any atom is 0.289 e. The fraction of sp³-hybridized carbons (Fsp3) is 0. The molecule has 0 bridgehead atoms. The van der Waals surface area contributed by atoms with E-state index in [-0.39, 0.29) is 16.8 Å². The number of benzene rings is 1. The highest BCUT2D eigenvalue weighted by Gasteiger charge is 2.18. The van der Waals surface area contributed by atoms with Gasteiger partial charge in [0.1, 0.15) is 0 Å². The van der Waals surface area contributed by atoms with E-state index in [2.05, 4.69) is 0 Å². The van der Waals surface area contributed by atoms with Gasteiger partial charge in [-0.15, -0.1) is 0 Å². The molecule has 1 aromatic carbocycles. The number of anilines is 1. The average Bonchev–Trinajstić information content (AvgIpc) is 2.16. The van der Waals surface area contributed by atoms with Gasteiger partial charge >= 0.3 is 0 Å². The van der Waals surface area contributed by atoms with Crippen molar-refractivity contribution in [2.24, 2.45) is 11.5 Å². The number of primary amides is 2. The topological polar surface area (TPSA) is 129 Å². The lowest BCUT2D eigenvalue weighted by Crippen LogP contribution is -2.25. The van der Waals surface area contributed by atoms with Crippen molar-refractivity contribution in [2.75, 3.05) is 5.73 Å². The van der Waals surface area contributed by atoms with E-state index < -0.39 is 17.6 Å². The van der Waals surface area contributed by atoms with Crippen LogP contribution in [0.15, 0.2) is 18.2 Å². The number of hydrogen-bond donors (Lipinski definition) is 3. The Morgan fingerprint density at radius 1 is 1.00 bits per heavy atom. The second-order valence-corrected chi connectivity index (χ2v) is 2.82. The summed E-state index contributed by atoms with van der Waals surface area (Å²) in [6.45, 7) is 0. The number of carbonyl (C=O) groups is 3. The van der Waals surface area contributed by atoms with Crippen molar-refractivity contribution in [3.8, 4) is 0 Å². The molecule has 6 N–H and O–H groups in total. The van der Waals surface area contributed by atoms with Gasteiger partial charge in [0.15, 0.2) is 0 Å². The van der Waals surface area contributed by atoms with E-state index in [4.69, 9.17) is 17.2 Å². The van der Waals surface area contributed by atoms with Crippen molar-refractivity contribution in [3.05, 3.63) is 29.3 Å². The van der Waals surface area contributed by atoms with Crippen LogP contribution >= 0.6 is 0 Å². The monoisotopic (exact) mass is 207 g/mol. The van der Waals surface area contributed by atoms with E-state index >= 15 is 0 Å². The van der Waals surface area contributed by atoms with Gasteiger partial charge < -0.3 is 17.2 Å². The third-order valence-corrected chi connectivity index (χ3v) is 1.84. The minimum atomic E-state index is -1.14. The zero-order valence-electron chi connectivity index (χ0n) is 7.69. The van der Waals surface area contributed by atoms with Gasteiger partial charge in [-0.25, -0.2) is 0 Å². The van der Waals surface area contributed by atoms with Gasteiger partial charge in [0.2, 0.25) is 0 Å². The molecule has 78 valence electrons. The molecule has 0 aliphatic rings. The lowest BCUT2D eigenvalue weighted by atomic mass is 10.0. The molecule has 0 aromatic heterocycles. The average molecular weight is 207 g/mol. The van der Waals surface area contributed by atoms with Crippen LogP contribution in [0, 0.1) is 0 Å². The van der Waals surface area contributed by atoms with Gasteiger partial charge in [-0.05, 0) is 12.1 Å². The number of nitrogen functional groups attached to an aromatic ring is 1. The molecule has 6 nitrogen and oxygen atoms in total. The number of ketones is 1. The molecule has 1 rings (SSSR count). The Hall–Kier alpha value is -2.37. The minimum Gasteiger partial charge on any atom is -0.397 e. The fourth-order valence-corrected chi connectivity index (χ4v) is 1.11. The molecular weight excluding hydrogens is 198 g/mol. The van der Waals surface area contributed by atoms with Crippen molar-refractivity contribution < 1.29 is 14.4 Å². The van der Waals surface area contributed by atoms with E-state index in [1.165, 1.54) is 18.2 Å². The molecule has 0 spiro atoms. The number of amides is 2. The van der Waals surface area contributed by atoms with Gasteiger partial charge in [-0.2, -0.15) is 0 Å².